The lowest BCUT2D eigenvalue weighted by atomic mass is 10.3. The molecule has 0 aromatic carbocycles. The van der Waals surface area contributed by atoms with Crippen molar-refractivity contribution < 1.29 is 4.92 Å². The van der Waals surface area contributed by atoms with Crippen molar-refractivity contribution in [2.45, 2.75) is 13.3 Å². The fourth-order valence-corrected chi connectivity index (χ4v) is 1.80. The second-order valence-electron chi connectivity index (χ2n) is 3.41. The zero-order valence-electron chi connectivity index (χ0n) is 9.57. The van der Waals surface area contributed by atoms with E-state index in [4.69, 9.17) is 0 Å². The molecule has 1 rings (SSSR count). The van der Waals surface area contributed by atoms with E-state index in [-0.39, 0.29) is 5.69 Å². The Kier molecular flexibility index (Phi) is 5.85. The Morgan fingerprint density at radius 1 is 1.47 bits per heavy atom. The molecular weight excluding hydrogens is 288 g/mol. The van der Waals surface area contributed by atoms with E-state index in [9.17, 15) is 10.1 Å². The average Bonchev–Trinajstić information content (AvgIpc) is 2.30. The zero-order chi connectivity index (χ0) is 12.7. The summed E-state index contributed by atoms with van der Waals surface area (Å²) in [5.74, 6) is 0. The van der Waals surface area contributed by atoms with Crippen LogP contribution in [0.25, 0.3) is 0 Å². The fraction of sp³-hybridized carbons (Fsp3) is 0.500. The molecule has 0 aliphatic heterocycles. The van der Waals surface area contributed by atoms with Gasteiger partial charge in [0.2, 0.25) is 0 Å². The zero-order valence-corrected chi connectivity index (χ0v) is 11.2. The summed E-state index contributed by atoms with van der Waals surface area (Å²) in [5.41, 5.74) is 0.476. The van der Waals surface area contributed by atoms with Gasteiger partial charge >= 0.3 is 5.69 Å². The summed E-state index contributed by atoms with van der Waals surface area (Å²) < 4.78 is 0.607. The summed E-state index contributed by atoms with van der Waals surface area (Å²) in [4.78, 5) is 14.1. The van der Waals surface area contributed by atoms with E-state index in [1.165, 1.54) is 6.20 Å². The van der Waals surface area contributed by atoms with Gasteiger partial charge in [0.1, 0.15) is 11.9 Å². The van der Waals surface area contributed by atoms with E-state index in [2.05, 4.69) is 31.5 Å². The first-order valence-corrected chi connectivity index (χ1v) is 6.18. The summed E-state index contributed by atoms with van der Waals surface area (Å²) in [6.45, 7) is 4.53. The molecule has 7 heteroatoms. The predicted octanol–water partition coefficient (Wildman–Crippen LogP) is 2.16. The molecule has 0 saturated carbocycles. The number of nitrogens with zero attached hydrogens (tertiary/aromatic N) is 2. The molecule has 94 valence electrons. The molecule has 1 aromatic heterocycles. The summed E-state index contributed by atoms with van der Waals surface area (Å²) in [6.07, 6.45) is 3.69. The Balaban J connectivity index is 2.60. The van der Waals surface area contributed by atoms with Gasteiger partial charge in [-0.2, -0.15) is 0 Å². The standard InChI is InChI=1S/C10H15BrN4O2/c1-2-12-4-3-5-14-10-8(11)6-13-7-9(10)15(16)17/h6-7,12H,2-5H2,1H3,(H,13,14). The molecule has 17 heavy (non-hydrogen) atoms. The smallest absolute Gasteiger partial charge is 0.311 e. The van der Waals surface area contributed by atoms with Gasteiger partial charge in [0.05, 0.1) is 9.40 Å². The first-order valence-electron chi connectivity index (χ1n) is 5.39. The molecule has 0 aliphatic rings. The summed E-state index contributed by atoms with van der Waals surface area (Å²) >= 11 is 3.25. The van der Waals surface area contributed by atoms with Gasteiger partial charge in [0, 0.05) is 12.7 Å². The minimum atomic E-state index is -0.440. The average molecular weight is 303 g/mol. The number of aromatic nitrogens is 1. The molecule has 0 atom stereocenters. The minimum Gasteiger partial charge on any atom is -0.378 e. The van der Waals surface area contributed by atoms with Crippen LogP contribution in [0.2, 0.25) is 0 Å². The molecule has 6 nitrogen and oxygen atoms in total. The van der Waals surface area contributed by atoms with Crippen molar-refractivity contribution in [1.29, 1.82) is 0 Å². The van der Waals surface area contributed by atoms with Crippen LogP contribution in [0.15, 0.2) is 16.9 Å². The number of rotatable bonds is 7. The molecule has 0 bridgehead atoms. The summed E-state index contributed by atoms with van der Waals surface area (Å²) in [5, 5.41) is 17.0. The van der Waals surface area contributed by atoms with Gasteiger partial charge in [-0.1, -0.05) is 6.92 Å². The van der Waals surface area contributed by atoms with Gasteiger partial charge in [0.15, 0.2) is 0 Å². The van der Waals surface area contributed by atoms with Crippen LogP contribution in [0.4, 0.5) is 11.4 Å². The highest BCUT2D eigenvalue weighted by atomic mass is 79.9. The monoisotopic (exact) mass is 302 g/mol. The second-order valence-corrected chi connectivity index (χ2v) is 4.26. The molecule has 0 fully saturated rings. The van der Waals surface area contributed by atoms with E-state index in [0.29, 0.717) is 16.7 Å². The number of pyridine rings is 1. The van der Waals surface area contributed by atoms with Crippen LogP contribution in [0, 0.1) is 10.1 Å². The highest BCUT2D eigenvalue weighted by molar-refractivity contribution is 9.10. The summed E-state index contributed by atoms with van der Waals surface area (Å²) in [7, 11) is 0. The van der Waals surface area contributed by atoms with Gasteiger partial charge < -0.3 is 10.6 Å². The molecule has 0 aliphatic carbocycles. The van der Waals surface area contributed by atoms with Crippen LogP contribution in [0.1, 0.15) is 13.3 Å². The van der Waals surface area contributed by atoms with Gasteiger partial charge in [-0.3, -0.25) is 15.1 Å². The SMILES string of the molecule is CCNCCCNc1c(Br)cncc1[N+](=O)[O-]. The first-order chi connectivity index (χ1) is 8.16. The Morgan fingerprint density at radius 2 is 2.24 bits per heavy atom. The Hall–Kier alpha value is -1.21. The Morgan fingerprint density at radius 3 is 2.88 bits per heavy atom. The van der Waals surface area contributed by atoms with E-state index in [1.807, 2.05) is 6.92 Å². The van der Waals surface area contributed by atoms with E-state index >= 15 is 0 Å². The van der Waals surface area contributed by atoms with Gasteiger partial charge in [-0.15, -0.1) is 0 Å². The highest BCUT2D eigenvalue weighted by Gasteiger charge is 2.16. The third-order valence-electron chi connectivity index (χ3n) is 2.16. The summed E-state index contributed by atoms with van der Waals surface area (Å²) in [6, 6.07) is 0. The van der Waals surface area contributed by atoms with Crippen LogP contribution in [-0.2, 0) is 0 Å². The Labute approximate surface area is 108 Å². The largest absolute Gasteiger partial charge is 0.378 e. The van der Waals surface area contributed by atoms with E-state index in [0.717, 1.165) is 19.5 Å². The number of hydrogen-bond donors (Lipinski definition) is 2. The third-order valence-corrected chi connectivity index (χ3v) is 2.76. The van der Waals surface area contributed by atoms with Crippen molar-refractivity contribution >= 4 is 27.3 Å². The van der Waals surface area contributed by atoms with Crippen LogP contribution in [0.5, 0.6) is 0 Å². The maximum atomic E-state index is 10.8. The molecule has 0 radical (unpaired) electrons. The Bertz CT molecular complexity index is 387. The topological polar surface area (TPSA) is 80.1 Å². The van der Waals surface area contributed by atoms with Crippen molar-refractivity contribution in [2.75, 3.05) is 25.0 Å². The molecule has 0 spiro atoms. The van der Waals surface area contributed by atoms with Gasteiger partial charge in [-0.05, 0) is 35.4 Å². The van der Waals surface area contributed by atoms with Crippen molar-refractivity contribution in [2.24, 2.45) is 0 Å². The minimum absolute atomic E-state index is 0.0113. The molecular formula is C10H15BrN4O2. The normalized spacial score (nSPS) is 10.2. The lowest BCUT2D eigenvalue weighted by Crippen LogP contribution is -2.17. The maximum absolute atomic E-state index is 10.8. The maximum Gasteiger partial charge on any atom is 0.311 e. The molecule has 1 aromatic rings. The van der Waals surface area contributed by atoms with E-state index in [1.54, 1.807) is 6.20 Å². The quantitative estimate of drug-likeness (QED) is 0.458. The van der Waals surface area contributed by atoms with Crippen LogP contribution < -0.4 is 10.6 Å². The van der Waals surface area contributed by atoms with Gasteiger partial charge in [-0.25, -0.2) is 0 Å². The molecule has 1 heterocycles. The van der Waals surface area contributed by atoms with Crippen molar-refractivity contribution in [1.82, 2.24) is 10.3 Å². The fourth-order valence-electron chi connectivity index (χ4n) is 1.34. The predicted molar refractivity (Wildman–Crippen MR) is 70.2 cm³/mol. The number of halogens is 1. The number of nitrogens with one attached hydrogen (secondary N) is 2. The van der Waals surface area contributed by atoms with Crippen molar-refractivity contribution in [3.8, 4) is 0 Å². The number of hydrogen-bond acceptors (Lipinski definition) is 5. The molecule has 0 saturated heterocycles. The van der Waals surface area contributed by atoms with Crippen molar-refractivity contribution in [3.05, 3.63) is 27.0 Å². The molecule has 0 amide bonds. The van der Waals surface area contributed by atoms with E-state index < -0.39 is 4.92 Å². The lowest BCUT2D eigenvalue weighted by Gasteiger charge is -2.08. The molecule has 0 unspecified atom stereocenters. The molecule has 2 N–H and O–H groups in total. The lowest BCUT2D eigenvalue weighted by molar-refractivity contribution is -0.384. The first kappa shape index (κ1) is 13.9. The van der Waals surface area contributed by atoms with Gasteiger partial charge in [0.25, 0.3) is 0 Å². The van der Waals surface area contributed by atoms with Crippen LogP contribution in [-0.4, -0.2) is 29.5 Å². The second kappa shape index (κ2) is 7.18. The van der Waals surface area contributed by atoms with Crippen molar-refractivity contribution in [3.63, 3.8) is 0 Å². The van der Waals surface area contributed by atoms with Crippen LogP contribution >= 0.6 is 15.9 Å². The third kappa shape index (κ3) is 4.27. The van der Waals surface area contributed by atoms with Crippen LogP contribution in [0.3, 0.4) is 0 Å². The number of nitro groups is 1. The number of anilines is 1. The highest BCUT2D eigenvalue weighted by Crippen LogP contribution is 2.30.